The maximum atomic E-state index is 12.1. The Bertz CT molecular complexity index is 754. The highest BCUT2D eigenvalue weighted by Gasteiger charge is 2.15. The zero-order chi connectivity index (χ0) is 31.1. The van der Waals surface area contributed by atoms with Gasteiger partial charge in [0, 0.05) is 12.8 Å². The molecule has 0 aliphatic rings. The normalized spacial score (nSPS) is 14.3. The SMILES string of the molecule is CCCCC/C=C\C[C@H](O)/C=C/C=C\C/C=C\CCCC(=O)O[C@@H](CO)COC(=O)CCCCCCCCC(C)CC. The van der Waals surface area contributed by atoms with Crippen molar-refractivity contribution in [2.45, 2.75) is 149 Å². The van der Waals surface area contributed by atoms with E-state index in [-0.39, 0.29) is 25.6 Å². The van der Waals surface area contributed by atoms with Gasteiger partial charge in [-0.3, -0.25) is 9.59 Å². The fraction of sp³-hybridized carbons (Fsp3) is 0.722. The Kier molecular flexibility index (Phi) is 28.7. The summed E-state index contributed by atoms with van der Waals surface area (Å²) in [5.74, 6) is 0.111. The van der Waals surface area contributed by atoms with E-state index >= 15 is 0 Å². The second-order valence-electron chi connectivity index (χ2n) is 11.3. The number of unbranched alkanes of at least 4 members (excludes halogenated alkanes) is 9. The molecule has 0 amide bonds. The van der Waals surface area contributed by atoms with Crippen LogP contribution in [0.2, 0.25) is 0 Å². The molecule has 6 heteroatoms. The highest BCUT2D eigenvalue weighted by Crippen LogP contribution is 2.14. The first kappa shape index (κ1) is 39.8. The van der Waals surface area contributed by atoms with Crippen LogP contribution in [0.25, 0.3) is 0 Å². The average molecular weight is 591 g/mol. The van der Waals surface area contributed by atoms with E-state index in [1.807, 2.05) is 36.5 Å². The molecule has 42 heavy (non-hydrogen) atoms. The minimum absolute atomic E-state index is 0.107. The molecule has 0 aliphatic heterocycles. The van der Waals surface area contributed by atoms with Crippen LogP contribution in [-0.4, -0.2) is 47.6 Å². The molecule has 0 aliphatic carbocycles. The predicted molar refractivity (Wildman–Crippen MR) is 174 cm³/mol. The minimum atomic E-state index is -0.818. The predicted octanol–water partition coefficient (Wildman–Crippen LogP) is 8.72. The zero-order valence-electron chi connectivity index (χ0n) is 27.0. The van der Waals surface area contributed by atoms with Crippen LogP contribution < -0.4 is 0 Å². The van der Waals surface area contributed by atoms with Crippen molar-refractivity contribution in [3.8, 4) is 0 Å². The average Bonchev–Trinajstić information content (AvgIpc) is 2.98. The van der Waals surface area contributed by atoms with E-state index in [0.717, 1.165) is 44.4 Å². The van der Waals surface area contributed by atoms with E-state index in [4.69, 9.17) is 9.47 Å². The van der Waals surface area contributed by atoms with Gasteiger partial charge in [-0.25, -0.2) is 0 Å². The largest absolute Gasteiger partial charge is 0.462 e. The van der Waals surface area contributed by atoms with Crippen molar-refractivity contribution in [1.82, 2.24) is 0 Å². The monoisotopic (exact) mass is 590 g/mol. The maximum absolute atomic E-state index is 12.1. The summed E-state index contributed by atoms with van der Waals surface area (Å²) in [5.41, 5.74) is 0. The lowest BCUT2D eigenvalue weighted by Crippen LogP contribution is -2.28. The molecule has 0 spiro atoms. The van der Waals surface area contributed by atoms with Crippen molar-refractivity contribution in [1.29, 1.82) is 0 Å². The van der Waals surface area contributed by atoms with Crippen LogP contribution in [0.3, 0.4) is 0 Å². The van der Waals surface area contributed by atoms with E-state index in [2.05, 4.69) is 26.8 Å². The Morgan fingerprint density at radius 1 is 0.762 bits per heavy atom. The lowest BCUT2D eigenvalue weighted by atomic mass is 10.00. The standard InChI is InChI=1S/C36H62O6/c1-4-6-7-8-16-21-26-33(38)27-22-17-11-9-10-12-19-24-29-36(40)42-34(30-37)31-41-35(39)28-23-18-14-13-15-20-25-32(3)5-2/h10-12,16-17,21-22,27,32-34,37-38H,4-9,13-15,18-20,23-26,28-31H2,1-3H3/b12-10-,17-11-,21-16-,27-22+/t32?,33-,34-/m0/s1. The molecule has 3 atom stereocenters. The molecule has 1 unspecified atom stereocenters. The topological polar surface area (TPSA) is 93.1 Å². The lowest BCUT2D eigenvalue weighted by Gasteiger charge is -2.15. The summed E-state index contributed by atoms with van der Waals surface area (Å²) in [6.45, 7) is 6.26. The number of esters is 2. The van der Waals surface area contributed by atoms with E-state index in [9.17, 15) is 19.8 Å². The second-order valence-corrected chi connectivity index (χ2v) is 11.3. The Morgan fingerprint density at radius 3 is 2.19 bits per heavy atom. The second kappa shape index (κ2) is 30.3. The Hall–Kier alpha value is -2.18. The van der Waals surface area contributed by atoms with Crippen LogP contribution in [-0.2, 0) is 19.1 Å². The van der Waals surface area contributed by atoms with Crippen molar-refractivity contribution in [2.24, 2.45) is 5.92 Å². The van der Waals surface area contributed by atoms with E-state index in [1.54, 1.807) is 6.08 Å². The van der Waals surface area contributed by atoms with Crippen LogP contribution in [0.4, 0.5) is 0 Å². The van der Waals surface area contributed by atoms with E-state index in [0.29, 0.717) is 19.3 Å². The molecule has 0 radical (unpaired) electrons. The maximum Gasteiger partial charge on any atom is 0.306 e. The first-order chi connectivity index (χ1) is 20.4. The molecule has 0 fully saturated rings. The number of ether oxygens (including phenoxy) is 2. The van der Waals surface area contributed by atoms with Gasteiger partial charge in [-0.05, 0) is 50.9 Å². The summed E-state index contributed by atoms with van der Waals surface area (Å²) < 4.78 is 10.5. The van der Waals surface area contributed by atoms with Gasteiger partial charge >= 0.3 is 11.9 Å². The van der Waals surface area contributed by atoms with Crippen molar-refractivity contribution in [3.05, 3.63) is 48.6 Å². The highest BCUT2D eigenvalue weighted by molar-refractivity contribution is 5.70. The third kappa shape index (κ3) is 28.0. The molecule has 0 rings (SSSR count). The molecule has 0 heterocycles. The number of hydrogen-bond donors (Lipinski definition) is 2. The lowest BCUT2D eigenvalue weighted by molar-refractivity contribution is -0.161. The van der Waals surface area contributed by atoms with Crippen molar-refractivity contribution >= 4 is 11.9 Å². The Balaban J connectivity index is 3.83. The molecule has 0 aromatic heterocycles. The molecule has 0 aromatic carbocycles. The van der Waals surface area contributed by atoms with Crippen LogP contribution in [0.5, 0.6) is 0 Å². The number of carbonyl (C=O) groups is 2. The molecule has 0 aromatic rings. The number of carbonyl (C=O) groups excluding carboxylic acids is 2. The number of allylic oxidation sites excluding steroid dienone is 6. The summed E-state index contributed by atoms with van der Waals surface area (Å²) in [5, 5.41) is 19.4. The van der Waals surface area contributed by atoms with Gasteiger partial charge in [0.2, 0.25) is 0 Å². The fourth-order valence-electron chi connectivity index (χ4n) is 4.25. The highest BCUT2D eigenvalue weighted by atomic mass is 16.6. The third-order valence-corrected chi connectivity index (χ3v) is 7.25. The van der Waals surface area contributed by atoms with E-state index < -0.39 is 18.2 Å². The zero-order valence-corrected chi connectivity index (χ0v) is 27.0. The molecule has 0 saturated heterocycles. The molecule has 2 N–H and O–H groups in total. The molecular formula is C36H62O6. The summed E-state index contributed by atoms with van der Waals surface area (Å²) in [6.07, 6.45) is 32.0. The quantitative estimate of drug-likeness (QED) is 0.0410. The molecule has 242 valence electrons. The number of aliphatic hydroxyl groups excluding tert-OH is 2. The van der Waals surface area contributed by atoms with Gasteiger partial charge in [0.1, 0.15) is 6.61 Å². The van der Waals surface area contributed by atoms with Gasteiger partial charge in [-0.1, -0.05) is 127 Å². The van der Waals surface area contributed by atoms with Crippen molar-refractivity contribution < 1.29 is 29.3 Å². The van der Waals surface area contributed by atoms with Crippen LogP contribution >= 0.6 is 0 Å². The van der Waals surface area contributed by atoms with Crippen LogP contribution in [0, 0.1) is 5.92 Å². The van der Waals surface area contributed by atoms with Crippen LogP contribution in [0.1, 0.15) is 136 Å². The molecular weight excluding hydrogens is 528 g/mol. The van der Waals surface area contributed by atoms with E-state index in [1.165, 1.54) is 51.4 Å². The first-order valence-electron chi connectivity index (χ1n) is 16.7. The molecule has 6 nitrogen and oxygen atoms in total. The molecule has 0 bridgehead atoms. The van der Waals surface area contributed by atoms with Gasteiger partial charge in [0.25, 0.3) is 0 Å². The van der Waals surface area contributed by atoms with Crippen molar-refractivity contribution in [3.63, 3.8) is 0 Å². The first-order valence-corrected chi connectivity index (χ1v) is 16.7. The fourth-order valence-corrected chi connectivity index (χ4v) is 4.25. The van der Waals surface area contributed by atoms with Crippen molar-refractivity contribution in [2.75, 3.05) is 13.2 Å². The third-order valence-electron chi connectivity index (χ3n) is 7.25. The summed E-state index contributed by atoms with van der Waals surface area (Å²) in [6, 6.07) is 0. The number of rotatable bonds is 28. The Labute approximate surface area is 257 Å². The summed E-state index contributed by atoms with van der Waals surface area (Å²) in [4.78, 5) is 24.1. The van der Waals surface area contributed by atoms with Gasteiger partial charge in [-0.15, -0.1) is 0 Å². The van der Waals surface area contributed by atoms with Gasteiger partial charge in [-0.2, -0.15) is 0 Å². The minimum Gasteiger partial charge on any atom is -0.462 e. The Morgan fingerprint density at radius 2 is 1.45 bits per heavy atom. The summed E-state index contributed by atoms with van der Waals surface area (Å²) in [7, 11) is 0. The summed E-state index contributed by atoms with van der Waals surface area (Å²) >= 11 is 0. The van der Waals surface area contributed by atoms with Crippen LogP contribution in [0.15, 0.2) is 48.6 Å². The number of hydrogen-bond acceptors (Lipinski definition) is 6. The van der Waals surface area contributed by atoms with Gasteiger partial charge in [0.05, 0.1) is 12.7 Å². The van der Waals surface area contributed by atoms with Gasteiger partial charge < -0.3 is 19.7 Å². The number of aliphatic hydroxyl groups is 2. The molecule has 0 saturated carbocycles. The van der Waals surface area contributed by atoms with Gasteiger partial charge in [0.15, 0.2) is 6.10 Å². The smallest absolute Gasteiger partial charge is 0.306 e.